The van der Waals surface area contributed by atoms with Crippen molar-refractivity contribution in [2.45, 2.75) is 18.2 Å². The summed E-state index contributed by atoms with van der Waals surface area (Å²) in [5, 5.41) is 3.69. The zero-order chi connectivity index (χ0) is 61.3. The van der Waals surface area contributed by atoms with Gasteiger partial charge in [-0.1, -0.05) is 255 Å². The molecule has 11 heteroatoms. The molecule has 0 aliphatic carbocycles. The van der Waals surface area contributed by atoms with E-state index in [9.17, 15) is 5.48 Å². The van der Waals surface area contributed by atoms with E-state index in [2.05, 4.69) is 118 Å². The number of nitrogens with zero attached hydrogens (tertiary/aromatic N) is 9. The lowest BCUT2D eigenvalue weighted by molar-refractivity contribution is 0.379. The number of aromatic nitrogens is 9. The van der Waals surface area contributed by atoms with Gasteiger partial charge in [0.1, 0.15) is 23.1 Å². The number of rotatable bonds is 13. The van der Waals surface area contributed by atoms with Gasteiger partial charge >= 0.3 is 0 Å². The van der Waals surface area contributed by atoms with Crippen LogP contribution in [-0.4, -0.2) is 51.9 Å². The molecule has 5 heterocycles. The van der Waals surface area contributed by atoms with E-state index in [-0.39, 0.29) is 57.6 Å². The zero-order valence-corrected chi connectivity index (χ0v) is 47.7. The first kappa shape index (κ1) is 47.1. The molecule has 15 aromatic rings. The second-order valence-electron chi connectivity index (χ2n) is 21.4. The van der Waals surface area contributed by atoms with Gasteiger partial charge in [0.2, 0.25) is 5.78 Å². The van der Waals surface area contributed by atoms with Crippen molar-refractivity contribution in [2.24, 2.45) is 0 Å². The van der Waals surface area contributed by atoms with Gasteiger partial charge in [0.15, 0.2) is 31.4 Å². The summed E-state index contributed by atoms with van der Waals surface area (Å²) in [4.78, 5) is 36.0. The van der Waals surface area contributed by atoms with Crippen molar-refractivity contribution in [2.75, 3.05) is 0 Å². The Bertz CT molecular complexity index is 4940. The first-order valence-electron chi connectivity index (χ1n) is 30.9. The average Bonchev–Trinajstić information content (AvgIpc) is 1.62. The van der Waals surface area contributed by atoms with Crippen molar-refractivity contribution in [3.8, 4) is 62.7 Å². The fourth-order valence-electron chi connectivity index (χ4n) is 12.5. The topological polar surface area (TPSA) is 109 Å². The molecule has 16 rings (SSSR count). The normalized spacial score (nSPS) is 13.7. The Hall–Kier alpha value is -11.3. The van der Waals surface area contributed by atoms with Crippen molar-refractivity contribution in [1.82, 2.24) is 43.9 Å². The zero-order valence-electron chi connectivity index (χ0n) is 50.7. The van der Waals surface area contributed by atoms with Crippen LogP contribution in [0.15, 0.2) is 297 Å². The van der Waals surface area contributed by atoms with Crippen molar-refractivity contribution in [1.29, 1.82) is 0 Å². The maximum atomic E-state index is 11.5. The van der Waals surface area contributed by atoms with Crippen LogP contribution in [0.4, 0.5) is 0 Å². The summed E-state index contributed by atoms with van der Waals surface area (Å²) in [6.45, 7) is 0. The molecule has 4 aromatic heterocycles. The third kappa shape index (κ3) is 8.82. The molecule has 10 nitrogen and oxygen atoms in total. The maximum Gasteiger partial charge on any atom is 0.220 e. The molecular formula is C76H53N9OSi. The summed E-state index contributed by atoms with van der Waals surface area (Å²) in [5.74, 6) is 1.41. The maximum absolute atomic E-state index is 11.5. The van der Waals surface area contributed by atoms with E-state index in [0.29, 0.717) is 22.3 Å². The van der Waals surface area contributed by atoms with E-state index < -0.39 is 26.2 Å². The Labute approximate surface area is 509 Å². The van der Waals surface area contributed by atoms with Gasteiger partial charge in [-0.05, 0) is 63.2 Å². The smallest absolute Gasteiger partial charge is 0.220 e. The molecule has 11 aromatic carbocycles. The van der Waals surface area contributed by atoms with Crippen LogP contribution in [0.5, 0.6) is 11.5 Å². The highest BCUT2D eigenvalue weighted by molar-refractivity contribution is 7.20. The lowest BCUT2D eigenvalue weighted by Crippen LogP contribution is -2.75. The first-order valence-corrected chi connectivity index (χ1v) is 30.9. The number of imidazole rings is 2. The minimum atomic E-state index is -3.86. The van der Waals surface area contributed by atoms with E-state index in [1.807, 2.05) is 164 Å². The molecule has 0 atom stereocenters. The monoisotopic (exact) mass is 1140 g/mol. The summed E-state index contributed by atoms with van der Waals surface area (Å²) >= 11 is 0. The van der Waals surface area contributed by atoms with Gasteiger partial charge < -0.3 is 4.74 Å². The molecule has 0 fully saturated rings. The second kappa shape index (κ2) is 21.4. The quantitative estimate of drug-likeness (QED) is 0.0830. The van der Waals surface area contributed by atoms with Crippen LogP contribution in [0, 0.1) is 0 Å². The Morgan fingerprint density at radius 3 is 1.33 bits per heavy atom. The van der Waals surface area contributed by atoms with E-state index in [1.165, 1.54) is 0 Å². The van der Waals surface area contributed by atoms with E-state index in [4.69, 9.17) is 39.6 Å². The van der Waals surface area contributed by atoms with Crippen LogP contribution in [-0.2, 0) is 18.2 Å². The number of hydrogen-bond acceptors (Lipinski definition) is 8. The van der Waals surface area contributed by atoms with Crippen molar-refractivity contribution < 1.29 is 10.2 Å². The standard InChI is InChI=1S/C76H53N9OSi/c1-7-27-52(28-8-1)71-78-68(79-72(82-71)53-29-9-2-10-30-53)50-76(51-69-80-73(54-31-11-3-12-32-54)83-74(81-69)55-33-13-4-14-34-55)60-41-19-24-47-66(60)86-70-61(76)42-26-48-67(70)87(57-36-15-5-16-37-57,58-38-17-6-18-39-58)59-40-25-35-56(49-59)84-64-45-22-23-46-65(64)85-63-44-21-20-43-62(63)77-75(84)85/h1-49H,50-51H2/i50D2,51D2. The number of benzene rings is 11. The Balaban J connectivity index is 1.04. The highest BCUT2D eigenvalue weighted by Gasteiger charge is 2.50. The summed E-state index contributed by atoms with van der Waals surface area (Å²) in [5.41, 5.74) is 5.01. The molecule has 0 bridgehead atoms. The van der Waals surface area contributed by atoms with Crippen LogP contribution in [0.25, 0.3) is 79.1 Å². The minimum absolute atomic E-state index is 0.185. The van der Waals surface area contributed by atoms with Crippen molar-refractivity contribution >= 4 is 56.7 Å². The van der Waals surface area contributed by atoms with Crippen LogP contribution < -0.4 is 25.5 Å². The summed E-state index contributed by atoms with van der Waals surface area (Å²) in [6.07, 6.45) is -5.91. The van der Waals surface area contributed by atoms with Crippen molar-refractivity contribution in [3.05, 3.63) is 320 Å². The predicted molar refractivity (Wildman–Crippen MR) is 349 cm³/mol. The first-order chi connectivity index (χ1) is 44.6. The summed E-state index contributed by atoms with van der Waals surface area (Å²) in [6, 6.07) is 96.7. The number of hydrogen-bond donors (Lipinski definition) is 0. The Morgan fingerprint density at radius 1 is 0.368 bits per heavy atom. The van der Waals surface area contributed by atoms with E-state index in [1.54, 1.807) is 24.3 Å². The van der Waals surface area contributed by atoms with Crippen LogP contribution in [0.1, 0.15) is 28.3 Å². The molecule has 0 saturated carbocycles. The lowest BCUT2D eigenvalue weighted by Gasteiger charge is -2.43. The number of para-hydroxylation sites is 6. The minimum Gasteiger partial charge on any atom is -0.457 e. The summed E-state index contributed by atoms with van der Waals surface area (Å²) in [7, 11) is -3.86. The van der Waals surface area contributed by atoms with Gasteiger partial charge in [0.05, 0.1) is 22.1 Å². The van der Waals surface area contributed by atoms with Crippen LogP contribution >= 0.6 is 0 Å². The predicted octanol–water partition coefficient (Wildman–Crippen LogP) is 13.7. The van der Waals surface area contributed by atoms with E-state index >= 15 is 0 Å². The van der Waals surface area contributed by atoms with Crippen LogP contribution in [0.2, 0.25) is 0 Å². The molecular weight excluding hydrogens is 1080 g/mol. The Kier molecular flexibility index (Phi) is 11.6. The SMILES string of the molecule is [2H]C([2H])(c1nc(-c2ccccc2)nc(-c2ccccc2)n1)C1(C([2H])([2H])c2nc(-c3ccccc3)nc(-c3ccccc3)n2)c2ccccc2Oc2c1cccc2[Si](c1ccccc1)(c1ccccc1)c1cccc(-n2c3ccccc3n3c4ccccc4nc23)c1. The van der Waals surface area contributed by atoms with Crippen LogP contribution in [0.3, 0.4) is 0 Å². The number of ether oxygens (including phenoxy) is 1. The van der Waals surface area contributed by atoms with Gasteiger partial charge in [0, 0.05) is 62.7 Å². The Morgan fingerprint density at radius 2 is 0.793 bits per heavy atom. The third-order valence-corrected chi connectivity index (χ3v) is 21.2. The van der Waals surface area contributed by atoms with Gasteiger partial charge in [0.25, 0.3) is 0 Å². The highest BCUT2D eigenvalue weighted by atomic mass is 28.3. The van der Waals surface area contributed by atoms with Gasteiger partial charge in [-0.2, -0.15) is 0 Å². The molecule has 1 aliphatic heterocycles. The molecule has 0 N–H and O–H groups in total. The molecule has 0 unspecified atom stereocenters. The average molecular weight is 1140 g/mol. The molecule has 87 heavy (non-hydrogen) atoms. The fraction of sp³-hybridized carbons (Fsp3) is 0.0395. The third-order valence-electron chi connectivity index (χ3n) is 16.4. The van der Waals surface area contributed by atoms with Gasteiger partial charge in [-0.15, -0.1) is 0 Å². The van der Waals surface area contributed by atoms with Gasteiger partial charge in [-0.25, -0.2) is 34.9 Å². The molecule has 0 saturated heterocycles. The molecule has 412 valence electrons. The highest BCUT2D eigenvalue weighted by Crippen LogP contribution is 2.51. The second-order valence-corrected chi connectivity index (χ2v) is 25.2. The molecule has 0 spiro atoms. The van der Waals surface area contributed by atoms with Gasteiger partial charge in [-0.3, -0.25) is 8.97 Å². The fourth-order valence-corrected chi connectivity index (χ4v) is 17.5. The largest absolute Gasteiger partial charge is 0.457 e. The molecule has 0 amide bonds. The number of fused-ring (bicyclic) bond motifs is 7. The van der Waals surface area contributed by atoms with Crippen molar-refractivity contribution in [3.63, 3.8) is 0 Å². The summed E-state index contributed by atoms with van der Waals surface area (Å²) < 4.78 is 57.9. The van der Waals surface area contributed by atoms with E-state index in [0.717, 1.165) is 54.3 Å². The molecule has 0 radical (unpaired) electrons. The molecule has 1 aliphatic rings. The lowest BCUT2D eigenvalue weighted by atomic mass is 9.67.